The third-order valence-corrected chi connectivity index (χ3v) is 5.64. The lowest BCUT2D eigenvalue weighted by Gasteiger charge is -2.18. The second-order valence-corrected chi connectivity index (χ2v) is 7.69. The van der Waals surface area contributed by atoms with Gasteiger partial charge >= 0.3 is 0 Å². The standard InChI is InChI=1S/C24H25NOS/c1-3-23(20-13-9-18(2)10-14-20)25-24(26)21-15-11-19(12-16-21)17-27-22-7-5-4-6-8-22/h4-16,23H,3,17H2,1-2H3,(H,25,26). The van der Waals surface area contributed by atoms with Gasteiger partial charge in [-0.1, -0.05) is 67.1 Å². The molecule has 3 aromatic rings. The van der Waals surface area contributed by atoms with Gasteiger partial charge in [-0.2, -0.15) is 0 Å². The molecule has 2 nitrogen and oxygen atoms in total. The Hall–Kier alpha value is -2.52. The first-order valence-corrected chi connectivity index (χ1v) is 10.3. The van der Waals surface area contributed by atoms with Crippen LogP contribution in [0.15, 0.2) is 83.8 Å². The minimum absolute atomic E-state index is 0.0234. The van der Waals surface area contributed by atoms with Crippen molar-refractivity contribution in [3.63, 3.8) is 0 Å². The van der Waals surface area contributed by atoms with E-state index >= 15 is 0 Å². The first kappa shape index (κ1) is 19.2. The second-order valence-electron chi connectivity index (χ2n) is 6.64. The van der Waals surface area contributed by atoms with E-state index in [9.17, 15) is 4.79 Å². The molecule has 0 aliphatic carbocycles. The molecule has 138 valence electrons. The number of rotatable bonds is 7. The average molecular weight is 376 g/mol. The van der Waals surface area contributed by atoms with Crippen molar-refractivity contribution in [1.82, 2.24) is 5.32 Å². The van der Waals surface area contributed by atoms with E-state index in [4.69, 9.17) is 0 Å². The van der Waals surface area contributed by atoms with Crippen molar-refractivity contribution in [2.45, 2.75) is 37.0 Å². The van der Waals surface area contributed by atoms with Gasteiger partial charge in [0.2, 0.25) is 0 Å². The fraction of sp³-hybridized carbons (Fsp3) is 0.208. The van der Waals surface area contributed by atoms with Gasteiger partial charge in [-0.15, -0.1) is 11.8 Å². The van der Waals surface area contributed by atoms with E-state index < -0.39 is 0 Å². The number of nitrogens with one attached hydrogen (secondary N) is 1. The van der Waals surface area contributed by atoms with Crippen molar-refractivity contribution in [1.29, 1.82) is 0 Å². The van der Waals surface area contributed by atoms with Crippen LogP contribution in [0.1, 0.15) is 46.4 Å². The Balaban J connectivity index is 1.60. The predicted octanol–water partition coefficient (Wildman–Crippen LogP) is 6.17. The van der Waals surface area contributed by atoms with Crippen LogP contribution < -0.4 is 5.32 Å². The molecule has 3 aromatic carbocycles. The van der Waals surface area contributed by atoms with Crippen molar-refractivity contribution in [2.75, 3.05) is 0 Å². The number of hydrogen-bond donors (Lipinski definition) is 1. The molecule has 0 radical (unpaired) electrons. The zero-order chi connectivity index (χ0) is 19.1. The van der Waals surface area contributed by atoms with Gasteiger partial charge in [0.1, 0.15) is 0 Å². The number of amides is 1. The van der Waals surface area contributed by atoms with Gasteiger partial charge in [0.25, 0.3) is 5.91 Å². The molecule has 1 unspecified atom stereocenters. The molecule has 0 aliphatic rings. The lowest BCUT2D eigenvalue weighted by Crippen LogP contribution is -2.28. The Bertz CT molecular complexity index is 857. The molecule has 3 heteroatoms. The summed E-state index contributed by atoms with van der Waals surface area (Å²) in [7, 11) is 0. The van der Waals surface area contributed by atoms with E-state index in [1.807, 2.05) is 42.5 Å². The van der Waals surface area contributed by atoms with Gasteiger partial charge in [0, 0.05) is 16.2 Å². The molecule has 1 atom stereocenters. The maximum atomic E-state index is 12.6. The monoisotopic (exact) mass is 375 g/mol. The summed E-state index contributed by atoms with van der Waals surface area (Å²) in [5, 5.41) is 3.15. The topological polar surface area (TPSA) is 29.1 Å². The Kier molecular flexibility index (Phi) is 6.72. The van der Waals surface area contributed by atoms with Crippen LogP contribution in [0, 0.1) is 6.92 Å². The van der Waals surface area contributed by atoms with Crippen molar-refractivity contribution < 1.29 is 4.79 Å². The van der Waals surface area contributed by atoms with Crippen molar-refractivity contribution in [3.8, 4) is 0 Å². The molecule has 0 heterocycles. The van der Waals surface area contributed by atoms with Crippen LogP contribution in [-0.4, -0.2) is 5.91 Å². The van der Waals surface area contributed by atoms with Crippen LogP contribution in [0.5, 0.6) is 0 Å². The summed E-state index contributed by atoms with van der Waals surface area (Å²) < 4.78 is 0. The summed E-state index contributed by atoms with van der Waals surface area (Å²) in [4.78, 5) is 13.9. The van der Waals surface area contributed by atoms with Crippen molar-refractivity contribution >= 4 is 17.7 Å². The van der Waals surface area contributed by atoms with Crippen molar-refractivity contribution in [2.24, 2.45) is 0 Å². The number of carbonyl (C=O) groups is 1. The number of benzene rings is 3. The lowest BCUT2D eigenvalue weighted by molar-refractivity contribution is 0.0935. The van der Waals surface area contributed by atoms with Gasteiger partial charge in [-0.05, 0) is 48.7 Å². The molecule has 0 fully saturated rings. The summed E-state index contributed by atoms with van der Waals surface area (Å²) >= 11 is 1.80. The molecule has 0 aliphatic heterocycles. The van der Waals surface area contributed by atoms with Gasteiger partial charge in [0.15, 0.2) is 0 Å². The van der Waals surface area contributed by atoms with E-state index in [0.29, 0.717) is 5.56 Å². The molecule has 0 saturated carbocycles. The largest absolute Gasteiger partial charge is 0.345 e. The van der Waals surface area contributed by atoms with Crippen LogP contribution in [-0.2, 0) is 5.75 Å². The van der Waals surface area contributed by atoms with E-state index in [0.717, 1.165) is 17.7 Å². The highest BCUT2D eigenvalue weighted by atomic mass is 32.2. The van der Waals surface area contributed by atoms with Crippen LogP contribution >= 0.6 is 11.8 Å². The van der Waals surface area contributed by atoms with E-state index in [2.05, 4.69) is 55.6 Å². The van der Waals surface area contributed by atoms with E-state index in [1.165, 1.54) is 16.0 Å². The summed E-state index contributed by atoms with van der Waals surface area (Å²) in [6, 6.07) is 26.6. The average Bonchev–Trinajstić information content (AvgIpc) is 2.72. The Morgan fingerprint density at radius 2 is 1.59 bits per heavy atom. The maximum absolute atomic E-state index is 12.6. The highest BCUT2D eigenvalue weighted by Crippen LogP contribution is 2.23. The summed E-state index contributed by atoms with van der Waals surface area (Å²) in [6.45, 7) is 4.16. The molecule has 0 saturated heterocycles. The highest BCUT2D eigenvalue weighted by molar-refractivity contribution is 7.98. The minimum atomic E-state index is -0.0234. The predicted molar refractivity (Wildman–Crippen MR) is 114 cm³/mol. The van der Waals surface area contributed by atoms with Crippen molar-refractivity contribution in [3.05, 3.63) is 101 Å². The number of thioether (sulfide) groups is 1. The first-order valence-electron chi connectivity index (χ1n) is 9.30. The summed E-state index contributed by atoms with van der Waals surface area (Å²) in [6.07, 6.45) is 0.862. The quantitative estimate of drug-likeness (QED) is 0.500. The molecule has 3 rings (SSSR count). The van der Waals surface area contributed by atoms with Crippen LogP contribution in [0.25, 0.3) is 0 Å². The minimum Gasteiger partial charge on any atom is -0.345 e. The fourth-order valence-corrected chi connectivity index (χ4v) is 3.77. The molecule has 1 amide bonds. The molecule has 1 N–H and O–H groups in total. The fourth-order valence-electron chi connectivity index (χ4n) is 2.90. The van der Waals surface area contributed by atoms with Crippen LogP contribution in [0.2, 0.25) is 0 Å². The normalized spacial score (nSPS) is 11.8. The maximum Gasteiger partial charge on any atom is 0.251 e. The molecule has 0 aromatic heterocycles. The second kappa shape index (κ2) is 9.43. The number of hydrogen-bond acceptors (Lipinski definition) is 2. The molecule has 27 heavy (non-hydrogen) atoms. The first-order chi connectivity index (χ1) is 13.2. The number of aryl methyl sites for hydroxylation is 1. The molecule has 0 bridgehead atoms. The van der Waals surface area contributed by atoms with E-state index in [-0.39, 0.29) is 11.9 Å². The summed E-state index contributed by atoms with van der Waals surface area (Å²) in [5.74, 6) is 0.872. The third-order valence-electron chi connectivity index (χ3n) is 4.56. The van der Waals surface area contributed by atoms with Gasteiger partial charge < -0.3 is 5.32 Å². The Morgan fingerprint density at radius 1 is 0.926 bits per heavy atom. The summed E-state index contributed by atoms with van der Waals surface area (Å²) in [5.41, 5.74) is 4.29. The Morgan fingerprint density at radius 3 is 2.22 bits per heavy atom. The van der Waals surface area contributed by atoms with Gasteiger partial charge in [-0.25, -0.2) is 0 Å². The van der Waals surface area contributed by atoms with Crippen LogP contribution in [0.4, 0.5) is 0 Å². The zero-order valence-electron chi connectivity index (χ0n) is 15.8. The van der Waals surface area contributed by atoms with E-state index in [1.54, 1.807) is 11.8 Å². The van der Waals surface area contributed by atoms with Gasteiger partial charge in [0.05, 0.1) is 6.04 Å². The smallest absolute Gasteiger partial charge is 0.251 e. The number of carbonyl (C=O) groups excluding carboxylic acids is 1. The van der Waals surface area contributed by atoms with Gasteiger partial charge in [-0.3, -0.25) is 4.79 Å². The molecular weight excluding hydrogens is 350 g/mol. The third kappa shape index (κ3) is 5.48. The Labute approximate surface area is 166 Å². The lowest BCUT2D eigenvalue weighted by atomic mass is 10.0. The highest BCUT2D eigenvalue weighted by Gasteiger charge is 2.14. The molecular formula is C24H25NOS. The SMILES string of the molecule is CCC(NC(=O)c1ccc(CSc2ccccc2)cc1)c1ccc(C)cc1. The zero-order valence-corrected chi connectivity index (χ0v) is 16.6. The molecule has 0 spiro atoms. The van der Waals surface area contributed by atoms with Crippen LogP contribution in [0.3, 0.4) is 0 Å².